The zero-order valence-electron chi connectivity index (χ0n) is 25.3. The van der Waals surface area contributed by atoms with Crippen molar-refractivity contribution in [1.82, 2.24) is 0 Å². The molecule has 1 aromatic heterocycles. The number of anilines is 3. The normalized spacial score (nSPS) is 14.0. The van der Waals surface area contributed by atoms with Crippen molar-refractivity contribution in [1.29, 1.82) is 0 Å². The predicted molar refractivity (Wildman–Crippen MR) is 200 cm³/mol. The maximum Gasteiger partial charge on any atom is 0.184 e. The molecule has 8 aromatic rings. The Morgan fingerprint density at radius 1 is 0.383 bits per heavy atom. The van der Waals surface area contributed by atoms with Crippen LogP contribution in [0.1, 0.15) is 0 Å². The van der Waals surface area contributed by atoms with Gasteiger partial charge in [-0.3, -0.25) is 0 Å². The summed E-state index contributed by atoms with van der Waals surface area (Å²) >= 11 is 3.82. The quantitative estimate of drug-likeness (QED) is 0.177. The largest absolute Gasteiger partial charge is 0.456 e. The lowest BCUT2D eigenvalue weighted by molar-refractivity contribution is 0.669. The molecule has 0 bridgehead atoms. The number of fused-ring (bicyclic) bond motifs is 11. The second-order valence-corrected chi connectivity index (χ2v) is 17.9. The smallest absolute Gasteiger partial charge is 0.184 e. The minimum Gasteiger partial charge on any atom is -0.456 e. The minimum absolute atomic E-state index is 0.894. The van der Waals surface area contributed by atoms with Crippen molar-refractivity contribution in [2.24, 2.45) is 0 Å². The van der Waals surface area contributed by atoms with Crippen molar-refractivity contribution < 1.29 is 4.42 Å². The average Bonchev–Trinajstić information content (AvgIpc) is 3.50. The van der Waals surface area contributed by atoms with Crippen LogP contribution in [0.3, 0.4) is 0 Å². The van der Waals surface area contributed by atoms with E-state index in [-0.39, 0.29) is 0 Å². The van der Waals surface area contributed by atoms with Crippen LogP contribution in [0, 0.1) is 0 Å². The number of hydrogen-bond acceptors (Lipinski definition) is 4. The molecule has 0 amide bonds. The van der Waals surface area contributed by atoms with Crippen molar-refractivity contribution >= 4 is 91.3 Å². The topological polar surface area (TPSA) is 16.4 Å². The van der Waals surface area contributed by atoms with E-state index in [1.54, 1.807) is 0 Å². The first-order valence-corrected chi connectivity index (χ1v) is 19.5. The van der Waals surface area contributed by atoms with Crippen LogP contribution >= 0.6 is 23.5 Å². The summed E-state index contributed by atoms with van der Waals surface area (Å²) in [5.74, 6) is 0. The van der Waals surface area contributed by atoms with Gasteiger partial charge in [0.25, 0.3) is 0 Å². The molecule has 47 heavy (non-hydrogen) atoms. The Kier molecular flexibility index (Phi) is 6.10. The first-order valence-electron chi connectivity index (χ1n) is 15.8. The average molecular weight is 654 g/mol. The molecule has 0 atom stereocenters. The van der Waals surface area contributed by atoms with Gasteiger partial charge in [-0.15, -0.1) is 0 Å². The van der Waals surface area contributed by atoms with Crippen molar-refractivity contribution in [3.63, 3.8) is 0 Å². The third-order valence-corrected chi connectivity index (χ3v) is 17.6. The van der Waals surface area contributed by atoms with Crippen molar-refractivity contribution in [3.05, 3.63) is 164 Å². The summed E-state index contributed by atoms with van der Waals surface area (Å²) < 4.78 is 6.39. The molecule has 0 saturated heterocycles. The second-order valence-electron chi connectivity index (χ2n) is 12.1. The maximum absolute atomic E-state index is 6.39. The second kappa shape index (κ2) is 10.5. The van der Waals surface area contributed by atoms with E-state index in [1.807, 2.05) is 35.7 Å². The van der Waals surface area contributed by atoms with Gasteiger partial charge < -0.3 is 9.32 Å². The van der Waals surface area contributed by atoms with Gasteiger partial charge in [0.2, 0.25) is 0 Å². The van der Waals surface area contributed by atoms with E-state index in [1.165, 1.54) is 40.3 Å². The van der Waals surface area contributed by atoms with Crippen LogP contribution in [0.5, 0.6) is 0 Å². The highest BCUT2D eigenvalue weighted by Crippen LogP contribution is 2.42. The molecular weight excluding hydrogens is 627 g/mol. The van der Waals surface area contributed by atoms with Crippen molar-refractivity contribution in [2.75, 3.05) is 4.90 Å². The summed E-state index contributed by atoms with van der Waals surface area (Å²) in [7, 11) is -2.68. The standard InChI is InChI=1S/C42H27NOS2Si/c1-2-12-28(13-3-1)43(29-22-24-32-31-14-4-5-15-33(31)44-34(32)26-29)30-23-25-38-42(27-30)47(41-21-11-8-18-37(41)46-38)39-19-9-6-16-35(39)45-36-17-7-10-20-40(36)47/h1-27H. The fourth-order valence-electron chi connectivity index (χ4n) is 7.62. The molecule has 10 rings (SSSR count). The van der Waals surface area contributed by atoms with Crippen LogP contribution < -0.4 is 25.6 Å². The number of para-hydroxylation sites is 2. The number of nitrogens with zero attached hydrogens (tertiary/aromatic N) is 1. The molecule has 1 spiro atoms. The molecule has 3 heterocycles. The molecule has 222 valence electrons. The molecule has 0 aliphatic carbocycles. The van der Waals surface area contributed by atoms with Crippen LogP contribution in [-0.4, -0.2) is 8.07 Å². The van der Waals surface area contributed by atoms with E-state index in [0.717, 1.165) is 39.0 Å². The number of rotatable bonds is 3. The Morgan fingerprint density at radius 2 is 0.894 bits per heavy atom. The third kappa shape index (κ3) is 4.00. The Labute approximate surface area is 282 Å². The predicted octanol–water partition coefficient (Wildman–Crippen LogP) is 9.36. The summed E-state index contributed by atoms with van der Waals surface area (Å²) in [5.41, 5.74) is 5.14. The molecule has 5 heteroatoms. The molecule has 0 N–H and O–H groups in total. The summed E-state index contributed by atoms with van der Waals surface area (Å²) in [5, 5.41) is 8.16. The van der Waals surface area contributed by atoms with Crippen molar-refractivity contribution in [2.45, 2.75) is 19.6 Å². The highest BCUT2D eigenvalue weighted by atomic mass is 32.2. The van der Waals surface area contributed by atoms with E-state index in [2.05, 4.69) is 157 Å². The van der Waals surface area contributed by atoms with E-state index in [0.29, 0.717) is 0 Å². The Morgan fingerprint density at radius 3 is 1.57 bits per heavy atom. The van der Waals surface area contributed by atoms with Gasteiger partial charge in [-0.05, 0) is 87.5 Å². The van der Waals surface area contributed by atoms with Gasteiger partial charge in [0.1, 0.15) is 11.2 Å². The maximum atomic E-state index is 6.39. The molecule has 2 aliphatic rings. The van der Waals surface area contributed by atoms with E-state index >= 15 is 0 Å². The molecule has 0 unspecified atom stereocenters. The SMILES string of the molecule is c1ccc(N(c2ccc3c(c2)[Si]2(c4ccccc4Sc4ccccc42)c2ccccc2S3)c2ccc3c(c2)oc2ccccc23)cc1. The highest BCUT2D eigenvalue weighted by Gasteiger charge is 2.51. The zero-order chi connectivity index (χ0) is 31.0. The van der Waals surface area contributed by atoms with E-state index in [4.69, 9.17) is 4.42 Å². The molecule has 0 fully saturated rings. The monoisotopic (exact) mass is 653 g/mol. The number of hydrogen-bond donors (Lipinski definition) is 0. The third-order valence-electron chi connectivity index (χ3n) is 9.57. The lowest BCUT2D eigenvalue weighted by atomic mass is 10.1. The first kappa shape index (κ1) is 27.2. The zero-order valence-corrected chi connectivity index (χ0v) is 27.9. The van der Waals surface area contributed by atoms with Gasteiger partial charge >= 0.3 is 0 Å². The summed E-state index contributed by atoms with van der Waals surface area (Å²) in [6.45, 7) is 0. The van der Waals surface area contributed by atoms with Crippen LogP contribution in [0.15, 0.2) is 188 Å². The minimum atomic E-state index is -2.68. The van der Waals surface area contributed by atoms with Crippen LogP contribution in [0.4, 0.5) is 17.1 Å². The first-order chi connectivity index (χ1) is 23.3. The van der Waals surface area contributed by atoms with Gasteiger partial charge in [-0.2, -0.15) is 0 Å². The van der Waals surface area contributed by atoms with Gasteiger partial charge in [0.15, 0.2) is 8.07 Å². The van der Waals surface area contributed by atoms with E-state index in [9.17, 15) is 0 Å². The lowest BCUT2D eigenvalue weighted by Crippen LogP contribution is -2.78. The summed E-state index contributed by atoms with van der Waals surface area (Å²) in [6.07, 6.45) is 0. The summed E-state index contributed by atoms with van der Waals surface area (Å²) in [4.78, 5) is 7.83. The van der Waals surface area contributed by atoms with Crippen LogP contribution in [-0.2, 0) is 0 Å². The van der Waals surface area contributed by atoms with Crippen molar-refractivity contribution in [3.8, 4) is 0 Å². The number of furan rings is 1. The summed E-state index contributed by atoms with van der Waals surface area (Å²) in [6, 6.07) is 60.2. The molecule has 7 aromatic carbocycles. The highest BCUT2D eigenvalue weighted by molar-refractivity contribution is 8.01. The lowest BCUT2D eigenvalue weighted by Gasteiger charge is -2.44. The fraction of sp³-hybridized carbons (Fsp3) is 0. The van der Waals surface area contributed by atoms with Crippen LogP contribution in [0.25, 0.3) is 21.9 Å². The molecular formula is C42H27NOS2Si. The Balaban J connectivity index is 1.26. The fourth-order valence-corrected chi connectivity index (χ4v) is 16.8. The molecule has 2 aliphatic heterocycles. The Bertz CT molecular complexity index is 2400. The van der Waals surface area contributed by atoms with Gasteiger partial charge in [0.05, 0.1) is 0 Å². The molecule has 2 nitrogen and oxygen atoms in total. The van der Waals surface area contributed by atoms with Gasteiger partial charge in [-0.25, -0.2) is 0 Å². The van der Waals surface area contributed by atoms with Gasteiger partial charge in [-0.1, -0.05) is 115 Å². The number of benzene rings is 7. The van der Waals surface area contributed by atoms with E-state index < -0.39 is 8.07 Å². The molecule has 0 saturated carbocycles. The van der Waals surface area contributed by atoms with Gasteiger partial charge in [0, 0.05) is 53.5 Å². The molecule has 0 radical (unpaired) electrons. The van der Waals surface area contributed by atoms with Crippen LogP contribution in [0.2, 0.25) is 0 Å². The Hall–Kier alpha value is -4.94.